The molecule has 0 N–H and O–H groups in total. The zero-order valence-corrected chi connectivity index (χ0v) is 13.2. The second-order valence-corrected chi connectivity index (χ2v) is 6.52. The summed E-state index contributed by atoms with van der Waals surface area (Å²) in [6.07, 6.45) is 1.93. The van der Waals surface area contributed by atoms with Crippen molar-refractivity contribution in [2.75, 3.05) is 33.2 Å². The van der Waals surface area contributed by atoms with Crippen LogP contribution >= 0.6 is 11.8 Å². The molecule has 0 bridgehead atoms. The number of amides is 1. The predicted octanol–water partition coefficient (Wildman–Crippen LogP) is 2.21. The Morgan fingerprint density at radius 3 is 2.48 bits per heavy atom. The van der Waals surface area contributed by atoms with Gasteiger partial charge in [0.15, 0.2) is 5.17 Å². The van der Waals surface area contributed by atoms with Crippen molar-refractivity contribution < 1.29 is 4.79 Å². The van der Waals surface area contributed by atoms with E-state index in [0.717, 1.165) is 36.9 Å². The summed E-state index contributed by atoms with van der Waals surface area (Å²) in [5.41, 5.74) is 2.27. The third-order valence-corrected chi connectivity index (χ3v) is 4.80. The maximum Gasteiger partial charge on any atom is 0.286 e. The van der Waals surface area contributed by atoms with Crippen LogP contribution in [0.4, 0.5) is 0 Å². The Morgan fingerprint density at radius 1 is 1.14 bits per heavy atom. The summed E-state index contributed by atoms with van der Waals surface area (Å²) < 4.78 is 0. The number of thioether (sulfide) groups is 1. The van der Waals surface area contributed by atoms with E-state index >= 15 is 0 Å². The third-order valence-electron chi connectivity index (χ3n) is 3.76. The van der Waals surface area contributed by atoms with Gasteiger partial charge in [0.2, 0.25) is 0 Å². The number of aryl methyl sites for hydroxylation is 1. The highest BCUT2D eigenvalue weighted by molar-refractivity contribution is 8.18. The topological polar surface area (TPSA) is 35.9 Å². The number of nitrogens with zero attached hydrogens (tertiary/aromatic N) is 3. The Labute approximate surface area is 129 Å². The fourth-order valence-corrected chi connectivity index (χ4v) is 3.31. The van der Waals surface area contributed by atoms with Crippen LogP contribution in [0.2, 0.25) is 0 Å². The number of hydrogen-bond acceptors (Lipinski definition) is 4. The molecule has 4 nitrogen and oxygen atoms in total. The Balaban J connectivity index is 1.71. The average Bonchev–Trinajstić information content (AvgIpc) is 2.83. The van der Waals surface area contributed by atoms with Crippen LogP contribution in [0.3, 0.4) is 0 Å². The van der Waals surface area contributed by atoms with Crippen LogP contribution in [0.1, 0.15) is 11.1 Å². The van der Waals surface area contributed by atoms with Gasteiger partial charge in [-0.15, -0.1) is 0 Å². The summed E-state index contributed by atoms with van der Waals surface area (Å²) in [4.78, 5) is 21.5. The van der Waals surface area contributed by atoms with Crippen molar-refractivity contribution in [3.8, 4) is 0 Å². The number of hydrogen-bond donors (Lipinski definition) is 0. The standard InChI is InChI=1S/C16H19N3OS/c1-12-3-5-13(6-4-12)11-14-15(20)17-16(21-14)19-9-7-18(2)8-10-19/h3-6,11H,7-10H2,1-2H3/b14-11+. The van der Waals surface area contributed by atoms with Crippen LogP contribution in [0.5, 0.6) is 0 Å². The maximum absolute atomic E-state index is 12.0. The molecule has 0 spiro atoms. The number of piperazine rings is 1. The van der Waals surface area contributed by atoms with Crippen molar-refractivity contribution >= 4 is 28.9 Å². The first-order valence-corrected chi connectivity index (χ1v) is 7.96. The molecule has 2 heterocycles. The molecule has 1 aromatic rings. The lowest BCUT2D eigenvalue weighted by atomic mass is 10.1. The minimum Gasteiger partial charge on any atom is -0.348 e. The minimum absolute atomic E-state index is 0.116. The van der Waals surface area contributed by atoms with Crippen molar-refractivity contribution in [1.82, 2.24) is 9.80 Å². The zero-order chi connectivity index (χ0) is 14.8. The first-order valence-electron chi connectivity index (χ1n) is 7.14. The van der Waals surface area contributed by atoms with Gasteiger partial charge in [0.25, 0.3) is 5.91 Å². The van der Waals surface area contributed by atoms with E-state index in [0.29, 0.717) is 4.91 Å². The largest absolute Gasteiger partial charge is 0.348 e. The number of amidine groups is 1. The molecule has 3 rings (SSSR count). The van der Waals surface area contributed by atoms with Crippen LogP contribution in [-0.4, -0.2) is 54.1 Å². The monoisotopic (exact) mass is 301 g/mol. The lowest BCUT2D eigenvalue weighted by Crippen LogP contribution is -2.46. The van der Waals surface area contributed by atoms with Gasteiger partial charge < -0.3 is 9.80 Å². The van der Waals surface area contributed by atoms with Crippen molar-refractivity contribution in [2.24, 2.45) is 4.99 Å². The highest BCUT2D eigenvalue weighted by Gasteiger charge is 2.27. The molecule has 2 aliphatic heterocycles. The molecule has 1 aromatic carbocycles. The van der Waals surface area contributed by atoms with Crippen molar-refractivity contribution in [2.45, 2.75) is 6.92 Å². The van der Waals surface area contributed by atoms with Crippen LogP contribution in [0.15, 0.2) is 34.2 Å². The van der Waals surface area contributed by atoms with Gasteiger partial charge in [0.05, 0.1) is 4.91 Å². The number of aliphatic imine (C=N–C) groups is 1. The van der Waals surface area contributed by atoms with Gasteiger partial charge in [-0.25, -0.2) is 0 Å². The van der Waals surface area contributed by atoms with Gasteiger partial charge in [0.1, 0.15) is 0 Å². The van der Waals surface area contributed by atoms with Gasteiger partial charge in [-0.2, -0.15) is 4.99 Å². The molecular formula is C16H19N3OS. The van der Waals surface area contributed by atoms with Gasteiger partial charge in [0, 0.05) is 26.2 Å². The molecule has 1 saturated heterocycles. The molecule has 0 radical (unpaired) electrons. The minimum atomic E-state index is -0.116. The normalized spacial score (nSPS) is 22.0. The Morgan fingerprint density at radius 2 is 1.81 bits per heavy atom. The van der Waals surface area contributed by atoms with E-state index in [1.807, 2.05) is 18.2 Å². The molecule has 0 saturated carbocycles. The second-order valence-electron chi connectivity index (χ2n) is 5.51. The molecular weight excluding hydrogens is 282 g/mol. The van der Waals surface area contributed by atoms with Gasteiger partial charge in [-0.05, 0) is 37.4 Å². The molecule has 0 unspecified atom stereocenters. The predicted molar refractivity (Wildman–Crippen MR) is 88.3 cm³/mol. The van der Waals surface area contributed by atoms with E-state index in [2.05, 4.69) is 40.9 Å². The summed E-state index contributed by atoms with van der Waals surface area (Å²) >= 11 is 1.49. The maximum atomic E-state index is 12.0. The van der Waals surface area contributed by atoms with Crippen LogP contribution in [-0.2, 0) is 4.79 Å². The number of likely N-dealkylation sites (N-methyl/N-ethyl adjacent to an activating group) is 1. The van der Waals surface area contributed by atoms with Crippen molar-refractivity contribution in [3.05, 3.63) is 40.3 Å². The van der Waals surface area contributed by atoms with Gasteiger partial charge in [-0.3, -0.25) is 4.79 Å². The molecule has 2 aliphatic rings. The summed E-state index contributed by atoms with van der Waals surface area (Å²) in [6.45, 7) is 5.97. The quantitative estimate of drug-likeness (QED) is 0.745. The van der Waals surface area contributed by atoms with Gasteiger partial charge in [-0.1, -0.05) is 29.8 Å². The highest BCUT2D eigenvalue weighted by atomic mass is 32.2. The molecule has 21 heavy (non-hydrogen) atoms. The number of carbonyl (C=O) groups excluding carboxylic acids is 1. The molecule has 110 valence electrons. The number of carbonyl (C=O) groups is 1. The van der Waals surface area contributed by atoms with E-state index < -0.39 is 0 Å². The molecule has 5 heteroatoms. The Kier molecular flexibility index (Phi) is 4.12. The summed E-state index contributed by atoms with van der Waals surface area (Å²) in [5, 5.41) is 0.853. The molecule has 1 amide bonds. The lowest BCUT2D eigenvalue weighted by Gasteiger charge is -2.32. The van der Waals surface area contributed by atoms with Crippen LogP contribution < -0.4 is 0 Å². The summed E-state index contributed by atoms with van der Waals surface area (Å²) in [7, 11) is 2.12. The zero-order valence-electron chi connectivity index (χ0n) is 12.4. The van der Waals surface area contributed by atoms with E-state index in [1.54, 1.807) is 0 Å². The first kappa shape index (κ1) is 14.4. The summed E-state index contributed by atoms with van der Waals surface area (Å²) in [5.74, 6) is -0.116. The molecule has 0 atom stereocenters. The van der Waals surface area contributed by atoms with Crippen LogP contribution in [0, 0.1) is 6.92 Å². The Hall–Kier alpha value is -1.59. The van der Waals surface area contributed by atoms with Crippen LogP contribution in [0.25, 0.3) is 6.08 Å². The fourth-order valence-electron chi connectivity index (χ4n) is 2.35. The number of rotatable bonds is 1. The third kappa shape index (κ3) is 3.36. The summed E-state index contributed by atoms with van der Waals surface area (Å²) in [6, 6.07) is 8.17. The lowest BCUT2D eigenvalue weighted by molar-refractivity contribution is -0.113. The second kappa shape index (κ2) is 6.03. The Bertz CT molecular complexity index is 598. The van der Waals surface area contributed by atoms with E-state index in [-0.39, 0.29) is 5.91 Å². The highest BCUT2D eigenvalue weighted by Crippen LogP contribution is 2.30. The van der Waals surface area contributed by atoms with Gasteiger partial charge >= 0.3 is 0 Å². The van der Waals surface area contributed by atoms with E-state index in [4.69, 9.17) is 0 Å². The average molecular weight is 301 g/mol. The fraction of sp³-hybridized carbons (Fsp3) is 0.375. The SMILES string of the molecule is Cc1ccc(/C=C2/SC(N3CCN(C)CC3)=NC2=O)cc1. The molecule has 0 aromatic heterocycles. The van der Waals surface area contributed by atoms with Crippen molar-refractivity contribution in [1.29, 1.82) is 0 Å². The van der Waals surface area contributed by atoms with Crippen molar-refractivity contribution in [3.63, 3.8) is 0 Å². The smallest absolute Gasteiger partial charge is 0.286 e. The van der Waals surface area contributed by atoms with E-state index in [1.165, 1.54) is 17.3 Å². The molecule has 0 aliphatic carbocycles. The first-order chi connectivity index (χ1) is 10.1. The van der Waals surface area contributed by atoms with E-state index in [9.17, 15) is 4.79 Å². The molecule has 1 fully saturated rings. The number of benzene rings is 1.